The van der Waals surface area contributed by atoms with Gasteiger partial charge >= 0.3 is 11.9 Å². The molecule has 8 bridgehead atoms. The standard InChI is InChI=1S/C34H34N4O4.Mn/c1-7-21-17(3)25-13-26-19(5)23(9-11-33(39)40)31(37-26)16-32-24(10-12-34(41)42)20(6)28(38-32)15-30-22(8-2)18(4)27(36-30)14-29(21)35-25;/h7-8,13-16,35,38H,1-2,9-12H2,3-6H3,(H,39,40)(H,41,42);. The molecule has 0 saturated heterocycles. The molecule has 0 atom stereocenters. The average molecular weight is 618 g/mol. The van der Waals surface area contributed by atoms with Crippen molar-refractivity contribution in [3.8, 4) is 0 Å². The second kappa shape index (κ2) is 12.4. The predicted molar refractivity (Wildman–Crippen MR) is 169 cm³/mol. The van der Waals surface area contributed by atoms with Crippen LogP contribution in [0.1, 0.15) is 78.1 Å². The van der Waals surface area contributed by atoms with E-state index in [2.05, 4.69) is 23.1 Å². The predicted octanol–water partition coefficient (Wildman–Crippen LogP) is 7.50. The van der Waals surface area contributed by atoms with Gasteiger partial charge < -0.3 is 20.2 Å². The van der Waals surface area contributed by atoms with Crippen molar-refractivity contribution in [1.82, 2.24) is 19.9 Å². The van der Waals surface area contributed by atoms with E-state index in [0.717, 1.165) is 83.7 Å². The van der Waals surface area contributed by atoms with E-state index in [-0.39, 0.29) is 29.9 Å². The van der Waals surface area contributed by atoms with Crippen molar-refractivity contribution < 1.29 is 36.9 Å². The number of hydrogen-bond acceptors (Lipinski definition) is 4. The van der Waals surface area contributed by atoms with E-state index in [1.807, 2.05) is 58.0 Å². The van der Waals surface area contributed by atoms with E-state index in [9.17, 15) is 19.8 Å². The van der Waals surface area contributed by atoms with E-state index in [4.69, 9.17) is 9.97 Å². The van der Waals surface area contributed by atoms with Crippen LogP contribution in [-0.2, 0) is 33.1 Å². The maximum atomic E-state index is 11.5. The number of aromatic amines is 2. The van der Waals surface area contributed by atoms with Gasteiger partial charge in [0.1, 0.15) is 0 Å². The fourth-order valence-electron chi connectivity index (χ4n) is 5.77. The first-order chi connectivity index (χ1) is 20.0. The second-order valence-electron chi connectivity index (χ2n) is 10.7. The van der Waals surface area contributed by atoms with Gasteiger partial charge in [0.05, 0.1) is 22.8 Å². The minimum Gasteiger partial charge on any atom is -0.481 e. The molecule has 5 heterocycles. The van der Waals surface area contributed by atoms with E-state index >= 15 is 0 Å². The zero-order valence-corrected chi connectivity index (χ0v) is 25.9. The summed E-state index contributed by atoms with van der Waals surface area (Å²) in [4.78, 5) is 40.0. The van der Waals surface area contributed by atoms with Crippen LogP contribution in [0.5, 0.6) is 0 Å². The Kier molecular flexibility index (Phi) is 9.09. The normalized spacial score (nSPS) is 12.7. The minimum atomic E-state index is -0.883. The molecular weight excluding hydrogens is 583 g/mol. The summed E-state index contributed by atoms with van der Waals surface area (Å²) in [5, 5.41) is 18.9. The Morgan fingerprint density at radius 1 is 0.721 bits per heavy atom. The van der Waals surface area contributed by atoms with Crippen molar-refractivity contribution in [2.45, 2.75) is 53.4 Å². The molecule has 3 aromatic rings. The molecule has 8 nitrogen and oxygen atoms in total. The number of nitrogens with zero attached hydrogens (tertiary/aromatic N) is 2. The number of aromatic nitrogens is 4. The molecule has 2 aliphatic rings. The summed E-state index contributed by atoms with van der Waals surface area (Å²) in [5.74, 6) is -1.76. The zero-order chi connectivity index (χ0) is 30.3. The van der Waals surface area contributed by atoms with Crippen LogP contribution in [0, 0.1) is 13.8 Å². The summed E-state index contributed by atoms with van der Waals surface area (Å²) < 4.78 is 0. The molecule has 0 aromatic carbocycles. The molecule has 0 spiro atoms. The molecule has 221 valence electrons. The third-order valence-corrected chi connectivity index (χ3v) is 8.22. The molecule has 2 aliphatic heterocycles. The smallest absolute Gasteiger partial charge is 0.303 e. The van der Waals surface area contributed by atoms with Crippen LogP contribution in [-0.4, -0.2) is 42.1 Å². The summed E-state index contributed by atoms with van der Waals surface area (Å²) in [5.41, 5.74) is 13.7. The second-order valence-corrected chi connectivity index (χ2v) is 10.7. The Morgan fingerprint density at radius 2 is 1.26 bits per heavy atom. The van der Waals surface area contributed by atoms with E-state index < -0.39 is 11.9 Å². The Balaban J connectivity index is 0.00000423. The fraction of sp³-hybridized carbons (Fsp3) is 0.235. The average Bonchev–Trinajstić information content (AvgIpc) is 3.59. The monoisotopic (exact) mass is 617 g/mol. The van der Waals surface area contributed by atoms with Gasteiger partial charge in [0.15, 0.2) is 0 Å². The largest absolute Gasteiger partial charge is 0.481 e. The molecule has 0 amide bonds. The Labute approximate surface area is 260 Å². The number of aryl methyl sites for hydroxylation is 3. The van der Waals surface area contributed by atoms with Gasteiger partial charge in [-0.15, -0.1) is 0 Å². The molecule has 0 fully saturated rings. The maximum Gasteiger partial charge on any atom is 0.303 e. The third kappa shape index (κ3) is 5.91. The number of hydrogen-bond donors (Lipinski definition) is 4. The molecule has 0 aliphatic carbocycles. The first-order valence-electron chi connectivity index (χ1n) is 13.9. The van der Waals surface area contributed by atoms with Gasteiger partial charge in [0.2, 0.25) is 0 Å². The number of carbonyl (C=O) groups is 2. The Morgan fingerprint density at radius 3 is 1.91 bits per heavy atom. The summed E-state index contributed by atoms with van der Waals surface area (Å²) in [6, 6.07) is 7.88. The topological polar surface area (TPSA) is 132 Å². The van der Waals surface area contributed by atoms with Crippen LogP contribution in [0.2, 0.25) is 0 Å². The van der Waals surface area contributed by atoms with Crippen LogP contribution in [0.4, 0.5) is 0 Å². The number of carboxylic acid groups (broad SMARTS) is 2. The van der Waals surface area contributed by atoms with Crippen LogP contribution in [0.3, 0.4) is 0 Å². The molecule has 4 N–H and O–H groups in total. The van der Waals surface area contributed by atoms with Crippen molar-refractivity contribution in [1.29, 1.82) is 0 Å². The molecule has 3 aromatic heterocycles. The summed E-state index contributed by atoms with van der Waals surface area (Å²) in [7, 11) is 0. The van der Waals surface area contributed by atoms with Gasteiger partial charge in [-0.1, -0.05) is 25.3 Å². The van der Waals surface area contributed by atoms with Crippen molar-refractivity contribution >= 4 is 62.4 Å². The first kappa shape index (κ1) is 31.5. The van der Waals surface area contributed by atoms with Crippen molar-refractivity contribution in [2.24, 2.45) is 0 Å². The van der Waals surface area contributed by atoms with Gasteiger partial charge in [-0.05, 0) is 98.2 Å². The van der Waals surface area contributed by atoms with Crippen LogP contribution < -0.4 is 0 Å². The van der Waals surface area contributed by atoms with E-state index in [0.29, 0.717) is 18.5 Å². The van der Waals surface area contributed by atoms with Gasteiger partial charge in [-0.25, -0.2) is 9.97 Å². The quantitative estimate of drug-likeness (QED) is 0.194. The number of rotatable bonds is 8. The van der Waals surface area contributed by atoms with Crippen LogP contribution >= 0.6 is 0 Å². The first-order valence-corrected chi connectivity index (χ1v) is 13.9. The maximum absolute atomic E-state index is 11.5. The molecule has 5 rings (SSSR count). The number of allylic oxidation sites excluding steroid dienone is 5. The summed E-state index contributed by atoms with van der Waals surface area (Å²) >= 11 is 0. The Hall–Kier alpha value is -4.46. The van der Waals surface area contributed by atoms with Gasteiger partial charge in [-0.3, -0.25) is 9.59 Å². The number of aliphatic carboxylic acids is 2. The number of nitrogens with one attached hydrogen (secondary N) is 2. The van der Waals surface area contributed by atoms with E-state index in [1.54, 1.807) is 6.08 Å². The molecule has 1 radical (unpaired) electrons. The molecule has 9 heteroatoms. The van der Waals surface area contributed by atoms with Crippen LogP contribution in [0.15, 0.2) is 43.5 Å². The SMILES string of the molecule is C=CC1=C(C)c2cc3[nH]c(cc4nc(cc5[nH]c(cc1n2)c(C)c5CCC(=O)O)C(CCC(=O)O)=C4C)c(C)c3C=C.[Mn]. The van der Waals surface area contributed by atoms with Gasteiger partial charge in [0, 0.05) is 63.1 Å². The third-order valence-electron chi connectivity index (χ3n) is 8.22. The van der Waals surface area contributed by atoms with Crippen molar-refractivity contribution in [3.05, 3.63) is 88.5 Å². The van der Waals surface area contributed by atoms with E-state index in [1.165, 1.54) is 0 Å². The van der Waals surface area contributed by atoms with Gasteiger partial charge in [0.25, 0.3) is 0 Å². The number of fused-ring (bicyclic) bond motifs is 8. The molecule has 0 unspecified atom stereocenters. The zero-order valence-electron chi connectivity index (χ0n) is 24.7. The van der Waals surface area contributed by atoms with Crippen LogP contribution in [0.25, 0.3) is 50.4 Å². The van der Waals surface area contributed by atoms with Crippen molar-refractivity contribution in [2.75, 3.05) is 0 Å². The Bertz CT molecular complexity index is 1920. The van der Waals surface area contributed by atoms with Crippen molar-refractivity contribution in [3.63, 3.8) is 0 Å². The number of H-pyrrole nitrogens is 2. The molecule has 43 heavy (non-hydrogen) atoms. The minimum absolute atomic E-state index is 0. The fourth-order valence-corrected chi connectivity index (χ4v) is 5.77. The molecule has 0 saturated carbocycles. The molecular formula is C34H34MnN4O4. The summed E-state index contributed by atoms with van der Waals surface area (Å²) in [6.07, 6.45) is 4.22. The number of carboxylic acids is 2. The van der Waals surface area contributed by atoms with Gasteiger partial charge in [-0.2, -0.15) is 0 Å². The summed E-state index contributed by atoms with van der Waals surface area (Å²) in [6.45, 7) is 16.0.